The molecule has 0 N–H and O–H groups in total. The van der Waals surface area contributed by atoms with Crippen LogP contribution in [-0.4, -0.2) is 30.3 Å². The van der Waals surface area contributed by atoms with Crippen LogP contribution in [0.15, 0.2) is 0 Å². The summed E-state index contributed by atoms with van der Waals surface area (Å²) in [7, 11) is 2.29. The average Bonchev–Trinajstić information content (AvgIpc) is 2.19. The molecule has 0 unspecified atom stereocenters. The van der Waals surface area contributed by atoms with Crippen LogP contribution in [0, 0.1) is 0 Å². The van der Waals surface area contributed by atoms with Crippen LogP contribution in [0.4, 0.5) is 0 Å². The topological polar surface area (TPSA) is 3.24 Å². The smallest absolute Gasteiger partial charge is 0.00922 e. The van der Waals surface area contributed by atoms with E-state index in [1.165, 1.54) is 51.5 Å². The molecule has 0 spiro atoms. The fourth-order valence-electron chi connectivity index (χ4n) is 2.18. The van der Waals surface area contributed by atoms with Crippen molar-refractivity contribution in [2.24, 2.45) is 0 Å². The number of unbranched alkanes of at least 4 members (excludes halogenated alkanes) is 1. The fraction of sp³-hybridized carbons (Fsp3) is 1.00. The van der Waals surface area contributed by atoms with E-state index in [0.29, 0.717) is 0 Å². The minimum absolute atomic E-state index is 0.883. The summed E-state index contributed by atoms with van der Waals surface area (Å²) in [5.41, 5.74) is 0. The van der Waals surface area contributed by atoms with E-state index in [1.807, 2.05) is 0 Å². The zero-order chi connectivity index (χ0) is 9.52. The van der Waals surface area contributed by atoms with Gasteiger partial charge in [-0.05, 0) is 45.0 Å². The van der Waals surface area contributed by atoms with E-state index in [9.17, 15) is 0 Å². The zero-order valence-corrected chi connectivity index (χ0v) is 9.73. The highest BCUT2D eigenvalue weighted by Crippen LogP contribution is 2.21. The lowest BCUT2D eigenvalue weighted by molar-refractivity contribution is 0.190. The van der Waals surface area contributed by atoms with Gasteiger partial charge in [0, 0.05) is 6.04 Å². The number of nitrogens with zero attached hydrogens (tertiary/aromatic N) is 1. The quantitative estimate of drug-likeness (QED) is 0.529. The van der Waals surface area contributed by atoms with Crippen molar-refractivity contribution in [3.8, 4) is 0 Å². The predicted molar refractivity (Wildman–Crippen MR) is 62.6 cm³/mol. The third-order valence-electron chi connectivity index (χ3n) is 3.12. The minimum atomic E-state index is 0.883. The monoisotopic (exact) mass is 201 g/mol. The molecule has 1 aliphatic rings. The van der Waals surface area contributed by atoms with Gasteiger partial charge in [-0.15, -0.1) is 0 Å². The summed E-state index contributed by atoms with van der Waals surface area (Å²) in [5.74, 6) is 1.04. The molecule has 1 aliphatic carbocycles. The van der Waals surface area contributed by atoms with Gasteiger partial charge in [-0.25, -0.2) is 0 Å². The lowest BCUT2D eigenvalue weighted by Crippen LogP contribution is -2.34. The molecule has 0 heterocycles. The van der Waals surface area contributed by atoms with Gasteiger partial charge in [0.15, 0.2) is 0 Å². The van der Waals surface area contributed by atoms with E-state index in [1.54, 1.807) is 0 Å². The average molecular weight is 201 g/mol. The van der Waals surface area contributed by atoms with Gasteiger partial charge < -0.3 is 4.90 Å². The van der Waals surface area contributed by atoms with E-state index >= 15 is 0 Å². The summed E-state index contributed by atoms with van der Waals surface area (Å²) in [6, 6.07) is 0.883. The lowest BCUT2D eigenvalue weighted by atomic mass is 9.94. The molecule has 2 heteroatoms. The molecule has 1 rings (SSSR count). The Hall–Kier alpha value is 0.310. The van der Waals surface area contributed by atoms with E-state index in [-0.39, 0.29) is 0 Å². The molecule has 0 atom stereocenters. The van der Waals surface area contributed by atoms with Gasteiger partial charge in [0.05, 0.1) is 0 Å². The highest BCUT2D eigenvalue weighted by atomic mass is 32.1. The van der Waals surface area contributed by atoms with Gasteiger partial charge in [0.1, 0.15) is 0 Å². The van der Waals surface area contributed by atoms with E-state index in [4.69, 9.17) is 0 Å². The third-order valence-corrected chi connectivity index (χ3v) is 3.43. The molecule has 13 heavy (non-hydrogen) atoms. The first-order valence-electron chi connectivity index (χ1n) is 5.65. The molecule has 0 aromatic carbocycles. The van der Waals surface area contributed by atoms with E-state index in [0.717, 1.165) is 11.8 Å². The summed E-state index contributed by atoms with van der Waals surface area (Å²) in [6.07, 6.45) is 9.79. The first-order chi connectivity index (χ1) is 6.34. The van der Waals surface area contributed by atoms with Crippen LogP contribution in [0.25, 0.3) is 0 Å². The van der Waals surface area contributed by atoms with Crippen LogP contribution >= 0.6 is 12.6 Å². The first kappa shape index (κ1) is 11.4. The Kier molecular flexibility index (Phi) is 5.88. The largest absolute Gasteiger partial charge is 0.303 e. The molecule has 0 amide bonds. The highest BCUT2D eigenvalue weighted by molar-refractivity contribution is 7.80. The summed E-state index contributed by atoms with van der Waals surface area (Å²) < 4.78 is 0. The molecular weight excluding hydrogens is 178 g/mol. The van der Waals surface area contributed by atoms with Crippen molar-refractivity contribution in [1.82, 2.24) is 4.90 Å². The summed E-state index contributed by atoms with van der Waals surface area (Å²) >= 11 is 4.23. The molecule has 0 bridgehead atoms. The Morgan fingerprint density at radius 3 is 2.46 bits per heavy atom. The van der Waals surface area contributed by atoms with Gasteiger partial charge in [-0.1, -0.05) is 19.3 Å². The molecular formula is C11H23NS. The molecule has 1 saturated carbocycles. The van der Waals surface area contributed by atoms with Gasteiger partial charge in [-0.3, -0.25) is 0 Å². The number of rotatable bonds is 5. The Labute approximate surface area is 88.3 Å². The lowest BCUT2D eigenvalue weighted by Gasteiger charge is -2.31. The van der Waals surface area contributed by atoms with Crippen molar-refractivity contribution in [2.75, 3.05) is 19.3 Å². The Balaban J connectivity index is 2.09. The standard InChI is InChI=1S/C11H23NS/c1-12(9-5-6-10-13)11-7-3-2-4-8-11/h11,13H,2-10H2,1H3. The second-order valence-corrected chi connectivity index (χ2v) is 4.65. The molecule has 1 fully saturated rings. The maximum absolute atomic E-state index is 4.23. The SMILES string of the molecule is CN(CCCCS)C1CCCCC1. The Morgan fingerprint density at radius 1 is 1.15 bits per heavy atom. The first-order valence-corrected chi connectivity index (χ1v) is 6.29. The van der Waals surface area contributed by atoms with E-state index < -0.39 is 0 Å². The summed E-state index contributed by atoms with van der Waals surface area (Å²) in [4.78, 5) is 2.56. The van der Waals surface area contributed by atoms with Crippen LogP contribution in [0.2, 0.25) is 0 Å². The van der Waals surface area contributed by atoms with Gasteiger partial charge in [0.25, 0.3) is 0 Å². The highest BCUT2D eigenvalue weighted by Gasteiger charge is 2.16. The van der Waals surface area contributed by atoms with Crippen molar-refractivity contribution < 1.29 is 0 Å². The maximum Gasteiger partial charge on any atom is 0.00922 e. The second-order valence-electron chi connectivity index (χ2n) is 4.20. The zero-order valence-electron chi connectivity index (χ0n) is 8.84. The normalized spacial score (nSPS) is 19.6. The van der Waals surface area contributed by atoms with Crippen molar-refractivity contribution in [3.05, 3.63) is 0 Å². The predicted octanol–water partition coefficient (Wildman–Crippen LogP) is 2.96. The number of hydrogen-bond donors (Lipinski definition) is 1. The number of hydrogen-bond acceptors (Lipinski definition) is 2. The van der Waals surface area contributed by atoms with Crippen molar-refractivity contribution in [2.45, 2.75) is 51.0 Å². The molecule has 0 aliphatic heterocycles. The summed E-state index contributed by atoms with van der Waals surface area (Å²) in [5, 5.41) is 0. The third kappa shape index (κ3) is 4.37. The van der Waals surface area contributed by atoms with Crippen molar-refractivity contribution in [3.63, 3.8) is 0 Å². The molecule has 0 aromatic heterocycles. The summed E-state index contributed by atoms with van der Waals surface area (Å²) in [6.45, 7) is 1.27. The minimum Gasteiger partial charge on any atom is -0.303 e. The number of thiol groups is 1. The molecule has 0 aromatic rings. The molecule has 78 valence electrons. The van der Waals surface area contributed by atoms with Crippen molar-refractivity contribution in [1.29, 1.82) is 0 Å². The Morgan fingerprint density at radius 2 is 1.85 bits per heavy atom. The van der Waals surface area contributed by atoms with Gasteiger partial charge >= 0.3 is 0 Å². The van der Waals surface area contributed by atoms with E-state index in [2.05, 4.69) is 24.6 Å². The maximum atomic E-state index is 4.23. The Bertz CT molecular complexity index is 121. The van der Waals surface area contributed by atoms with Crippen molar-refractivity contribution >= 4 is 12.6 Å². The molecule has 1 nitrogen and oxygen atoms in total. The van der Waals surface area contributed by atoms with Crippen LogP contribution < -0.4 is 0 Å². The molecule has 0 saturated heterocycles. The van der Waals surface area contributed by atoms with Gasteiger partial charge in [-0.2, -0.15) is 12.6 Å². The fourth-order valence-corrected chi connectivity index (χ4v) is 2.40. The van der Waals surface area contributed by atoms with Crippen LogP contribution in [0.1, 0.15) is 44.9 Å². The second kappa shape index (κ2) is 6.72. The van der Waals surface area contributed by atoms with Gasteiger partial charge in [0.2, 0.25) is 0 Å². The van der Waals surface area contributed by atoms with Crippen LogP contribution in [-0.2, 0) is 0 Å². The molecule has 0 radical (unpaired) electrons. The van der Waals surface area contributed by atoms with Crippen LogP contribution in [0.5, 0.6) is 0 Å². The van der Waals surface area contributed by atoms with Crippen LogP contribution in [0.3, 0.4) is 0 Å².